The van der Waals surface area contributed by atoms with Crippen LogP contribution < -0.4 is 16.6 Å². The normalized spacial score (nSPS) is 11.3. The van der Waals surface area contributed by atoms with Crippen molar-refractivity contribution < 1.29 is 4.79 Å². The maximum Gasteiger partial charge on any atom is 0.332 e. The lowest BCUT2D eigenvalue weighted by Gasteiger charge is -2.15. The highest BCUT2D eigenvalue weighted by Gasteiger charge is 2.18. The molecule has 3 rings (SSSR count). The van der Waals surface area contributed by atoms with Crippen LogP contribution in [0.25, 0.3) is 10.2 Å². The van der Waals surface area contributed by atoms with E-state index in [1.54, 1.807) is 11.4 Å². The number of nitrogens with zero attached hydrogens (tertiary/aromatic N) is 2. The molecule has 148 valence electrons. The zero-order valence-electron chi connectivity index (χ0n) is 16.6. The number of para-hydroxylation sites is 1. The van der Waals surface area contributed by atoms with Crippen LogP contribution in [0, 0.1) is 12.8 Å². The minimum atomic E-state index is -0.444. The molecule has 0 aliphatic rings. The van der Waals surface area contributed by atoms with E-state index in [1.165, 1.54) is 20.5 Å². The fourth-order valence-corrected chi connectivity index (χ4v) is 4.18. The van der Waals surface area contributed by atoms with E-state index in [-0.39, 0.29) is 23.9 Å². The fourth-order valence-electron chi connectivity index (χ4n) is 3.34. The van der Waals surface area contributed by atoms with Crippen LogP contribution in [0.3, 0.4) is 0 Å². The minimum Gasteiger partial charge on any atom is -0.324 e. The van der Waals surface area contributed by atoms with Gasteiger partial charge in [-0.15, -0.1) is 11.3 Å². The van der Waals surface area contributed by atoms with Gasteiger partial charge in [0, 0.05) is 12.2 Å². The number of benzene rings is 1. The highest BCUT2D eigenvalue weighted by Crippen LogP contribution is 2.21. The Kier molecular flexibility index (Phi) is 5.84. The van der Waals surface area contributed by atoms with E-state index in [0.29, 0.717) is 16.8 Å². The second-order valence-corrected chi connectivity index (χ2v) is 8.24. The Labute approximate surface area is 167 Å². The lowest BCUT2D eigenvalue weighted by Crippen LogP contribution is -2.42. The van der Waals surface area contributed by atoms with Crippen LogP contribution >= 0.6 is 11.3 Å². The molecule has 2 aromatic heterocycles. The van der Waals surface area contributed by atoms with E-state index in [1.807, 2.05) is 45.9 Å². The van der Waals surface area contributed by atoms with Crippen molar-refractivity contribution in [3.63, 3.8) is 0 Å². The highest BCUT2D eigenvalue weighted by molar-refractivity contribution is 7.17. The van der Waals surface area contributed by atoms with Crippen LogP contribution in [-0.2, 0) is 24.3 Å². The molecule has 0 saturated heterocycles. The van der Waals surface area contributed by atoms with Crippen LogP contribution in [0.1, 0.15) is 31.9 Å². The zero-order chi connectivity index (χ0) is 20.4. The average Bonchev–Trinajstić information content (AvgIpc) is 3.13. The van der Waals surface area contributed by atoms with Crippen LogP contribution in [0.4, 0.5) is 5.69 Å². The third kappa shape index (κ3) is 3.80. The summed E-state index contributed by atoms with van der Waals surface area (Å²) in [7, 11) is 0. The Balaban J connectivity index is 2.01. The Bertz CT molecular complexity index is 1140. The summed E-state index contributed by atoms with van der Waals surface area (Å²) in [4.78, 5) is 38.4. The van der Waals surface area contributed by atoms with Crippen molar-refractivity contribution in [2.24, 2.45) is 5.92 Å². The van der Waals surface area contributed by atoms with Gasteiger partial charge in [0.05, 0.1) is 5.52 Å². The topological polar surface area (TPSA) is 73.1 Å². The van der Waals surface area contributed by atoms with Gasteiger partial charge in [-0.3, -0.25) is 18.7 Å². The summed E-state index contributed by atoms with van der Waals surface area (Å²) in [5, 5.41) is 4.73. The summed E-state index contributed by atoms with van der Waals surface area (Å²) in [6.45, 7) is 8.07. The van der Waals surface area contributed by atoms with E-state index >= 15 is 0 Å². The molecule has 0 saturated carbocycles. The van der Waals surface area contributed by atoms with Crippen molar-refractivity contribution in [2.75, 3.05) is 5.32 Å². The minimum absolute atomic E-state index is 0.137. The maximum atomic E-state index is 13.0. The lowest BCUT2D eigenvalue weighted by atomic mass is 10.1. The third-order valence-electron chi connectivity index (χ3n) is 4.69. The van der Waals surface area contributed by atoms with E-state index in [2.05, 4.69) is 5.32 Å². The fraction of sp³-hybridized carbons (Fsp3) is 0.381. The van der Waals surface area contributed by atoms with Gasteiger partial charge in [-0.2, -0.15) is 0 Å². The first kappa shape index (κ1) is 20.1. The molecule has 28 heavy (non-hydrogen) atoms. The van der Waals surface area contributed by atoms with Crippen LogP contribution in [0.2, 0.25) is 0 Å². The van der Waals surface area contributed by atoms with Gasteiger partial charge in [-0.25, -0.2) is 4.79 Å². The largest absolute Gasteiger partial charge is 0.332 e. The van der Waals surface area contributed by atoms with E-state index < -0.39 is 5.69 Å². The number of hydrogen-bond acceptors (Lipinski definition) is 4. The first-order valence-corrected chi connectivity index (χ1v) is 10.3. The molecule has 7 heteroatoms. The first-order valence-electron chi connectivity index (χ1n) is 9.42. The quantitative estimate of drug-likeness (QED) is 0.690. The molecule has 1 N–H and O–H groups in total. The van der Waals surface area contributed by atoms with Gasteiger partial charge in [-0.05, 0) is 41.8 Å². The van der Waals surface area contributed by atoms with Gasteiger partial charge in [0.15, 0.2) is 0 Å². The summed E-state index contributed by atoms with van der Waals surface area (Å²) < 4.78 is 3.13. The molecule has 0 fully saturated rings. The number of anilines is 1. The van der Waals surface area contributed by atoms with Gasteiger partial charge in [0.2, 0.25) is 5.91 Å². The highest BCUT2D eigenvalue weighted by atomic mass is 32.1. The second kappa shape index (κ2) is 8.14. The zero-order valence-corrected chi connectivity index (χ0v) is 17.4. The molecule has 1 aromatic carbocycles. The van der Waals surface area contributed by atoms with Crippen molar-refractivity contribution in [1.29, 1.82) is 0 Å². The van der Waals surface area contributed by atoms with Crippen molar-refractivity contribution >= 4 is 33.1 Å². The number of amides is 1. The molecule has 0 radical (unpaired) electrons. The third-order valence-corrected chi connectivity index (χ3v) is 5.58. The summed E-state index contributed by atoms with van der Waals surface area (Å²) in [6.07, 6.45) is 0.797. The molecule has 0 unspecified atom stereocenters. The lowest BCUT2D eigenvalue weighted by molar-refractivity contribution is -0.116. The Hall–Kier alpha value is -2.67. The smallest absolute Gasteiger partial charge is 0.324 e. The van der Waals surface area contributed by atoms with Crippen LogP contribution in [-0.4, -0.2) is 15.0 Å². The number of rotatable bonds is 6. The standard InChI is InChI=1S/C21H25N3O3S/c1-5-15-8-6-7-14(4)18(15)22-17(25)12-23-16-9-10-28-19(16)20(26)24(21(23)27)11-13(2)3/h6-10,13H,5,11-12H2,1-4H3,(H,22,25). The molecule has 0 aliphatic carbocycles. The molecular weight excluding hydrogens is 374 g/mol. The summed E-state index contributed by atoms with van der Waals surface area (Å²) >= 11 is 1.29. The number of carbonyl (C=O) groups excluding carboxylic acids is 1. The number of nitrogens with one attached hydrogen (secondary N) is 1. The molecule has 0 bridgehead atoms. The predicted octanol–water partition coefficient (Wildman–Crippen LogP) is 3.39. The molecule has 0 aliphatic heterocycles. The first-order chi connectivity index (χ1) is 13.3. The number of aryl methyl sites for hydroxylation is 2. The van der Waals surface area contributed by atoms with Gasteiger partial charge in [0.25, 0.3) is 5.56 Å². The predicted molar refractivity (Wildman–Crippen MR) is 114 cm³/mol. The summed E-state index contributed by atoms with van der Waals surface area (Å²) in [5.41, 5.74) is 2.60. The number of carbonyl (C=O) groups is 1. The van der Waals surface area contributed by atoms with E-state index in [4.69, 9.17) is 0 Å². The molecule has 3 aromatic rings. The Morgan fingerprint density at radius 2 is 1.93 bits per heavy atom. The maximum absolute atomic E-state index is 13.0. The van der Waals surface area contributed by atoms with Crippen LogP contribution in [0.15, 0.2) is 39.2 Å². The van der Waals surface area contributed by atoms with Crippen molar-refractivity contribution in [2.45, 2.75) is 47.2 Å². The van der Waals surface area contributed by atoms with E-state index in [0.717, 1.165) is 23.2 Å². The summed E-state index contributed by atoms with van der Waals surface area (Å²) in [5.74, 6) is -0.141. The molecule has 1 amide bonds. The monoisotopic (exact) mass is 399 g/mol. The Morgan fingerprint density at radius 1 is 1.18 bits per heavy atom. The average molecular weight is 400 g/mol. The second-order valence-electron chi connectivity index (χ2n) is 7.32. The number of fused-ring (bicyclic) bond motifs is 1. The molecule has 6 nitrogen and oxygen atoms in total. The molecule has 0 spiro atoms. The van der Waals surface area contributed by atoms with Gasteiger partial charge < -0.3 is 5.32 Å². The molecule has 2 heterocycles. The number of hydrogen-bond donors (Lipinski definition) is 1. The van der Waals surface area contributed by atoms with Gasteiger partial charge in [-0.1, -0.05) is 39.0 Å². The van der Waals surface area contributed by atoms with Crippen molar-refractivity contribution in [3.8, 4) is 0 Å². The molecular formula is C21H25N3O3S. The Morgan fingerprint density at radius 3 is 2.61 bits per heavy atom. The van der Waals surface area contributed by atoms with Gasteiger partial charge >= 0.3 is 5.69 Å². The van der Waals surface area contributed by atoms with Crippen molar-refractivity contribution in [3.05, 3.63) is 61.6 Å². The SMILES string of the molecule is CCc1cccc(C)c1NC(=O)Cn1c(=O)n(CC(C)C)c(=O)c2sccc21. The molecule has 0 atom stereocenters. The van der Waals surface area contributed by atoms with E-state index in [9.17, 15) is 14.4 Å². The summed E-state index contributed by atoms with van der Waals surface area (Å²) in [6, 6.07) is 7.61. The van der Waals surface area contributed by atoms with Crippen molar-refractivity contribution in [1.82, 2.24) is 9.13 Å². The number of thiophene rings is 1. The van der Waals surface area contributed by atoms with Gasteiger partial charge in [0.1, 0.15) is 11.2 Å². The van der Waals surface area contributed by atoms with Crippen LogP contribution in [0.5, 0.6) is 0 Å². The number of aromatic nitrogens is 2.